The summed E-state index contributed by atoms with van der Waals surface area (Å²) < 4.78 is 0. The van der Waals surface area contributed by atoms with Crippen LogP contribution < -0.4 is 10.2 Å². The number of anilines is 1. The van der Waals surface area contributed by atoms with Gasteiger partial charge in [-0.3, -0.25) is 0 Å². The Kier molecular flexibility index (Phi) is 3.30. The van der Waals surface area contributed by atoms with Gasteiger partial charge in [0.25, 0.3) is 0 Å². The molecule has 0 amide bonds. The van der Waals surface area contributed by atoms with E-state index >= 15 is 0 Å². The maximum absolute atomic E-state index is 9.05. The molecule has 1 N–H and O–H groups in total. The molecule has 0 aromatic carbocycles. The minimum absolute atomic E-state index is 0.228. The zero-order valence-electron chi connectivity index (χ0n) is 10.4. The Morgan fingerprint density at radius 2 is 2.18 bits per heavy atom. The van der Waals surface area contributed by atoms with Gasteiger partial charge in [-0.2, -0.15) is 5.26 Å². The Hall–Kier alpha value is -1.60. The fraction of sp³-hybridized carbons (Fsp3) is 0.538. The fourth-order valence-corrected chi connectivity index (χ4v) is 2.23. The van der Waals surface area contributed by atoms with Gasteiger partial charge in [0, 0.05) is 24.8 Å². The van der Waals surface area contributed by atoms with E-state index in [-0.39, 0.29) is 5.54 Å². The maximum atomic E-state index is 9.05. The van der Waals surface area contributed by atoms with Crippen LogP contribution in [0.2, 0.25) is 0 Å². The highest BCUT2D eigenvalue weighted by Gasteiger charge is 2.29. The summed E-state index contributed by atoms with van der Waals surface area (Å²) in [5.74, 6) is 0. The summed E-state index contributed by atoms with van der Waals surface area (Å²) in [6.45, 7) is 4.19. The zero-order chi connectivity index (χ0) is 12.3. The molecule has 1 aromatic rings. The summed E-state index contributed by atoms with van der Waals surface area (Å²) in [6.07, 6.45) is 3.84. The van der Waals surface area contributed by atoms with Gasteiger partial charge in [0.05, 0.1) is 5.69 Å². The molecule has 4 heteroatoms. The highest BCUT2D eigenvalue weighted by atomic mass is 15.2. The SMILES string of the molecule is CNC1(C)CCN(c2cccnc2C#N)CC1. The van der Waals surface area contributed by atoms with Gasteiger partial charge in [-0.15, -0.1) is 0 Å². The predicted octanol–water partition coefficient (Wildman–Crippen LogP) is 1.53. The second-order valence-electron chi connectivity index (χ2n) is 4.78. The Bertz CT molecular complexity index is 427. The lowest BCUT2D eigenvalue weighted by atomic mass is 9.89. The normalized spacial score (nSPS) is 18.8. The van der Waals surface area contributed by atoms with Crippen LogP contribution in [0.3, 0.4) is 0 Å². The molecule has 0 aliphatic carbocycles. The second-order valence-corrected chi connectivity index (χ2v) is 4.78. The minimum atomic E-state index is 0.228. The highest BCUT2D eigenvalue weighted by molar-refractivity contribution is 5.56. The van der Waals surface area contributed by atoms with E-state index in [1.807, 2.05) is 19.2 Å². The van der Waals surface area contributed by atoms with Gasteiger partial charge in [-0.25, -0.2) is 4.98 Å². The molecule has 17 heavy (non-hydrogen) atoms. The number of aromatic nitrogens is 1. The summed E-state index contributed by atoms with van der Waals surface area (Å²) in [6, 6.07) is 6.03. The van der Waals surface area contributed by atoms with Crippen LogP contribution in [0.1, 0.15) is 25.5 Å². The topological polar surface area (TPSA) is 52.0 Å². The predicted molar refractivity (Wildman–Crippen MR) is 67.9 cm³/mol. The van der Waals surface area contributed by atoms with Crippen molar-refractivity contribution < 1.29 is 0 Å². The number of hydrogen-bond acceptors (Lipinski definition) is 4. The van der Waals surface area contributed by atoms with Crippen LogP contribution in [0, 0.1) is 11.3 Å². The monoisotopic (exact) mass is 230 g/mol. The van der Waals surface area contributed by atoms with Gasteiger partial charge in [0.1, 0.15) is 6.07 Å². The van der Waals surface area contributed by atoms with Crippen LogP contribution in [-0.2, 0) is 0 Å². The Morgan fingerprint density at radius 3 is 2.76 bits per heavy atom. The van der Waals surface area contributed by atoms with Crippen molar-refractivity contribution in [3.8, 4) is 6.07 Å². The first-order valence-electron chi connectivity index (χ1n) is 5.97. The van der Waals surface area contributed by atoms with E-state index in [1.165, 1.54) is 0 Å². The van der Waals surface area contributed by atoms with Crippen LogP contribution in [0.15, 0.2) is 18.3 Å². The van der Waals surface area contributed by atoms with Gasteiger partial charge >= 0.3 is 0 Å². The molecule has 0 atom stereocenters. The van der Waals surface area contributed by atoms with E-state index in [4.69, 9.17) is 5.26 Å². The Balaban J connectivity index is 2.14. The molecule has 0 saturated carbocycles. The first-order chi connectivity index (χ1) is 8.18. The third-order valence-electron chi connectivity index (χ3n) is 3.70. The van der Waals surface area contributed by atoms with E-state index in [0.29, 0.717) is 5.69 Å². The molecule has 90 valence electrons. The molecule has 2 heterocycles. The lowest BCUT2D eigenvalue weighted by Gasteiger charge is -2.40. The lowest BCUT2D eigenvalue weighted by molar-refractivity contribution is 0.305. The molecule has 1 aliphatic heterocycles. The van der Waals surface area contributed by atoms with Crippen molar-refractivity contribution in [2.75, 3.05) is 25.0 Å². The van der Waals surface area contributed by atoms with Crippen LogP contribution in [0.4, 0.5) is 5.69 Å². The third-order valence-corrected chi connectivity index (χ3v) is 3.70. The first-order valence-corrected chi connectivity index (χ1v) is 5.97. The van der Waals surface area contributed by atoms with Gasteiger partial charge in [0.2, 0.25) is 0 Å². The van der Waals surface area contributed by atoms with Crippen LogP contribution >= 0.6 is 0 Å². The molecule has 0 radical (unpaired) electrons. The van der Waals surface area contributed by atoms with E-state index in [0.717, 1.165) is 31.6 Å². The number of hydrogen-bond donors (Lipinski definition) is 1. The number of pyridine rings is 1. The molecule has 1 aromatic heterocycles. The quantitative estimate of drug-likeness (QED) is 0.837. The molecule has 1 aliphatic rings. The molecule has 4 nitrogen and oxygen atoms in total. The van der Waals surface area contributed by atoms with E-state index in [2.05, 4.69) is 28.2 Å². The summed E-state index contributed by atoms with van der Waals surface area (Å²) in [5.41, 5.74) is 1.72. The first kappa shape index (κ1) is 11.9. The van der Waals surface area contributed by atoms with Crippen molar-refractivity contribution >= 4 is 5.69 Å². The Labute approximate surface area is 102 Å². The standard InChI is InChI=1S/C13H18N4/c1-13(15-2)5-8-17(9-6-13)12-4-3-7-16-11(12)10-14/h3-4,7,15H,5-6,8-9H2,1-2H3. The van der Waals surface area contributed by atoms with Crippen LogP contribution in [0.25, 0.3) is 0 Å². The molecule has 0 unspecified atom stereocenters. The van der Waals surface area contributed by atoms with Crippen molar-refractivity contribution in [3.63, 3.8) is 0 Å². The van der Waals surface area contributed by atoms with Crippen molar-refractivity contribution in [3.05, 3.63) is 24.0 Å². The Morgan fingerprint density at radius 1 is 1.47 bits per heavy atom. The van der Waals surface area contributed by atoms with Crippen LogP contribution in [-0.4, -0.2) is 30.7 Å². The molecular formula is C13H18N4. The molecule has 1 saturated heterocycles. The smallest absolute Gasteiger partial charge is 0.163 e. The summed E-state index contributed by atoms with van der Waals surface area (Å²) in [7, 11) is 2.01. The average molecular weight is 230 g/mol. The highest BCUT2D eigenvalue weighted by Crippen LogP contribution is 2.26. The van der Waals surface area contributed by atoms with E-state index in [1.54, 1.807) is 6.20 Å². The number of nitrogens with zero attached hydrogens (tertiary/aromatic N) is 3. The zero-order valence-corrected chi connectivity index (χ0v) is 10.4. The van der Waals surface area contributed by atoms with Crippen molar-refractivity contribution in [1.29, 1.82) is 5.26 Å². The van der Waals surface area contributed by atoms with Crippen molar-refractivity contribution in [1.82, 2.24) is 10.3 Å². The molecule has 1 fully saturated rings. The largest absolute Gasteiger partial charge is 0.369 e. The number of nitriles is 1. The molecule has 0 bridgehead atoms. The van der Waals surface area contributed by atoms with Crippen molar-refractivity contribution in [2.45, 2.75) is 25.3 Å². The molecule has 0 spiro atoms. The van der Waals surface area contributed by atoms with Crippen molar-refractivity contribution in [2.24, 2.45) is 0 Å². The molecular weight excluding hydrogens is 212 g/mol. The second kappa shape index (κ2) is 4.72. The van der Waals surface area contributed by atoms with Gasteiger partial charge in [-0.1, -0.05) is 0 Å². The van der Waals surface area contributed by atoms with Gasteiger partial charge in [-0.05, 0) is 38.9 Å². The third kappa shape index (κ3) is 2.40. The minimum Gasteiger partial charge on any atom is -0.369 e. The van der Waals surface area contributed by atoms with E-state index in [9.17, 15) is 0 Å². The van der Waals surface area contributed by atoms with Gasteiger partial charge in [0.15, 0.2) is 5.69 Å². The maximum Gasteiger partial charge on any atom is 0.163 e. The average Bonchev–Trinajstić information content (AvgIpc) is 2.40. The molecule has 2 rings (SSSR count). The number of piperidine rings is 1. The van der Waals surface area contributed by atoms with Crippen LogP contribution in [0.5, 0.6) is 0 Å². The van der Waals surface area contributed by atoms with Gasteiger partial charge < -0.3 is 10.2 Å². The summed E-state index contributed by atoms with van der Waals surface area (Å²) >= 11 is 0. The number of nitrogens with one attached hydrogen (secondary N) is 1. The number of rotatable bonds is 2. The van der Waals surface area contributed by atoms with E-state index < -0.39 is 0 Å². The fourth-order valence-electron chi connectivity index (χ4n) is 2.23. The lowest BCUT2D eigenvalue weighted by Crippen LogP contribution is -2.50. The summed E-state index contributed by atoms with van der Waals surface area (Å²) in [5, 5.41) is 12.4. The summed E-state index contributed by atoms with van der Waals surface area (Å²) in [4.78, 5) is 6.37.